The van der Waals surface area contributed by atoms with Crippen molar-refractivity contribution in [3.63, 3.8) is 0 Å². The molecule has 1 N–H and O–H groups in total. The van der Waals surface area contributed by atoms with Crippen molar-refractivity contribution in [2.45, 2.75) is 20.0 Å². The fourth-order valence-corrected chi connectivity index (χ4v) is 2.14. The summed E-state index contributed by atoms with van der Waals surface area (Å²) in [6.07, 6.45) is 1.66. The average Bonchev–Trinajstić information content (AvgIpc) is 2.79. The molecule has 0 radical (unpaired) electrons. The summed E-state index contributed by atoms with van der Waals surface area (Å²) in [5, 5.41) is 7.10. The second kappa shape index (κ2) is 4.95. The summed E-state index contributed by atoms with van der Waals surface area (Å²) >= 11 is 7.56. The molecule has 0 aromatic carbocycles. The molecule has 4 nitrogen and oxygen atoms in total. The molecule has 2 heterocycles. The molecule has 0 unspecified atom stereocenters. The van der Waals surface area contributed by atoms with E-state index in [-0.39, 0.29) is 0 Å². The molecule has 0 bridgehead atoms. The molecule has 86 valence electrons. The van der Waals surface area contributed by atoms with Crippen molar-refractivity contribution in [1.82, 2.24) is 19.9 Å². The van der Waals surface area contributed by atoms with Crippen LogP contribution in [0.3, 0.4) is 0 Å². The topological polar surface area (TPSA) is 42.7 Å². The van der Waals surface area contributed by atoms with Crippen molar-refractivity contribution >= 4 is 22.9 Å². The Labute approximate surface area is 103 Å². The molecule has 0 aliphatic rings. The van der Waals surface area contributed by atoms with Gasteiger partial charge in [-0.1, -0.05) is 11.6 Å². The van der Waals surface area contributed by atoms with Crippen molar-refractivity contribution in [1.29, 1.82) is 0 Å². The standard InChI is InChI=1S/C10H13ClN4S/c1-7-14-8(6-16-7)3-12-5-10-13-4-9(11)15(10)2/h4,6,12H,3,5H2,1-2H3. The molecular formula is C10H13ClN4S. The Hall–Kier alpha value is -0.910. The maximum absolute atomic E-state index is 5.89. The molecule has 16 heavy (non-hydrogen) atoms. The van der Waals surface area contributed by atoms with Gasteiger partial charge in [0.1, 0.15) is 11.0 Å². The van der Waals surface area contributed by atoms with E-state index in [0.717, 1.165) is 23.1 Å². The summed E-state index contributed by atoms with van der Waals surface area (Å²) in [5.41, 5.74) is 1.07. The zero-order valence-corrected chi connectivity index (χ0v) is 10.8. The molecule has 2 aromatic rings. The molecular weight excluding hydrogens is 244 g/mol. The first-order valence-electron chi connectivity index (χ1n) is 4.94. The Morgan fingerprint density at radius 1 is 1.50 bits per heavy atom. The van der Waals surface area contributed by atoms with Crippen LogP contribution in [0.25, 0.3) is 0 Å². The third kappa shape index (κ3) is 2.61. The fourth-order valence-electron chi connectivity index (χ4n) is 1.38. The highest BCUT2D eigenvalue weighted by Crippen LogP contribution is 2.10. The van der Waals surface area contributed by atoms with E-state index in [0.29, 0.717) is 11.7 Å². The number of imidazole rings is 1. The molecule has 0 aliphatic carbocycles. The van der Waals surface area contributed by atoms with Crippen LogP contribution in [0.15, 0.2) is 11.6 Å². The van der Waals surface area contributed by atoms with Crippen molar-refractivity contribution in [2.75, 3.05) is 0 Å². The monoisotopic (exact) mass is 256 g/mol. The lowest BCUT2D eigenvalue weighted by Gasteiger charge is -2.03. The minimum Gasteiger partial charge on any atom is -0.321 e. The van der Waals surface area contributed by atoms with Crippen molar-refractivity contribution in [3.8, 4) is 0 Å². The highest BCUT2D eigenvalue weighted by molar-refractivity contribution is 7.09. The minimum absolute atomic E-state index is 0.654. The van der Waals surface area contributed by atoms with Gasteiger partial charge < -0.3 is 9.88 Å². The molecule has 2 rings (SSSR count). The van der Waals surface area contributed by atoms with Crippen molar-refractivity contribution in [2.24, 2.45) is 7.05 Å². The van der Waals surface area contributed by atoms with E-state index in [1.54, 1.807) is 17.5 Å². The number of halogens is 1. The zero-order valence-electron chi connectivity index (χ0n) is 9.20. The highest BCUT2D eigenvalue weighted by Gasteiger charge is 2.04. The first-order chi connectivity index (χ1) is 7.66. The van der Waals surface area contributed by atoms with Crippen LogP contribution in [0.5, 0.6) is 0 Å². The third-order valence-corrected chi connectivity index (χ3v) is 3.46. The number of hydrogen-bond donors (Lipinski definition) is 1. The van der Waals surface area contributed by atoms with Gasteiger partial charge in [0.25, 0.3) is 0 Å². The molecule has 2 aromatic heterocycles. The molecule has 0 spiro atoms. The van der Waals surface area contributed by atoms with E-state index < -0.39 is 0 Å². The minimum atomic E-state index is 0.654. The first kappa shape index (κ1) is 11.6. The van der Waals surface area contributed by atoms with Crippen LogP contribution in [-0.2, 0) is 20.1 Å². The van der Waals surface area contributed by atoms with Gasteiger partial charge in [-0.2, -0.15) is 0 Å². The number of rotatable bonds is 4. The van der Waals surface area contributed by atoms with E-state index in [2.05, 4.69) is 20.7 Å². The Balaban J connectivity index is 1.86. The number of thiazole rings is 1. The quantitative estimate of drug-likeness (QED) is 0.911. The molecule has 0 saturated carbocycles. The number of aromatic nitrogens is 3. The third-order valence-electron chi connectivity index (χ3n) is 2.28. The largest absolute Gasteiger partial charge is 0.321 e. The molecule has 6 heteroatoms. The SMILES string of the molecule is Cc1nc(CNCc2ncc(Cl)n2C)cs1. The Morgan fingerprint density at radius 3 is 2.88 bits per heavy atom. The maximum atomic E-state index is 5.89. The van der Waals surface area contributed by atoms with E-state index in [9.17, 15) is 0 Å². The van der Waals surface area contributed by atoms with Crippen LogP contribution in [-0.4, -0.2) is 14.5 Å². The van der Waals surface area contributed by atoms with E-state index in [1.165, 1.54) is 0 Å². The summed E-state index contributed by atoms with van der Waals surface area (Å²) in [7, 11) is 1.90. The van der Waals surface area contributed by atoms with Crippen molar-refractivity contribution in [3.05, 3.63) is 33.3 Å². The molecule has 0 aliphatic heterocycles. The van der Waals surface area contributed by atoms with Gasteiger partial charge in [0.15, 0.2) is 0 Å². The van der Waals surface area contributed by atoms with Gasteiger partial charge in [0.05, 0.1) is 23.4 Å². The Kier molecular flexibility index (Phi) is 3.58. The summed E-state index contributed by atoms with van der Waals surface area (Å²) < 4.78 is 1.86. The first-order valence-corrected chi connectivity index (χ1v) is 6.20. The highest BCUT2D eigenvalue weighted by atomic mass is 35.5. The van der Waals surface area contributed by atoms with E-state index in [1.807, 2.05) is 18.5 Å². The number of nitrogens with one attached hydrogen (secondary N) is 1. The fraction of sp³-hybridized carbons (Fsp3) is 0.400. The zero-order chi connectivity index (χ0) is 11.5. The Bertz CT molecular complexity index is 477. The van der Waals surface area contributed by atoms with Crippen LogP contribution in [0.4, 0.5) is 0 Å². The normalized spacial score (nSPS) is 10.9. The molecule has 0 atom stereocenters. The molecule has 0 fully saturated rings. The van der Waals surface area contributed by atoms with Gasteiger partial charge in [-0.15, -0.1) is 11.3 Å². The number of hydrogen-bond acceptors (Lipinski definition) is 4. The molecule has 0 amide bonds. The van der Waals surface area contributed by atoms with Crippen LogP contribution < -0.4 is 5.32 Å². The van der Waals surface area contributed by atoms with Gasteiger partial charge >= 0.3 is 0 Å². The second-order valence-electron chi connectivity index (χ2n) is 3.52. The Morgan fingerprint density at radius 2 is 2.31 bits per heavy atom. The summed E-state index contributed by atoms with van der Waals surface area (Å²) in [5.74, 6) is 0.928. The lowest BCUT2D eigenvalue weighted by atomic mass is 10.4. The average molecular weight is 257 g/mol. The molecule has 0 saturated heterocycles. The number of nitrogens with zero attached hydrogens (tertiary/aromatic N) is 3. The summed E-state index contributed by atoms with van der Waals surface area (Å²) in [6.45, 7) is 3.46. The van der Waals surface area contributed by atoms with Crippen LogP contribution in [0.1, 0.15) is 16.5 Å². The smallest absolute Gasteiger partial charge is 0.128 e. The maximum Gasteiger partial charge on any atom is 0.128 e. The van der Waals surface area contributed by atoms with Gasteiger partial charge in [0, 0.05) is 19.0 Å². The van der Waals surface area contributed by atoms with Crippen molar-refractivity contribution < 1.29 is 0 Å². The summed E-state index contributed by atoms with van der Waals surface area (Å²) in [6, 6.07) is 0. The van der Waals surface area contributed by atoms with Crippen LogP contribution in [0, 0.1) is 6.92 Å². The van der Waals surface area contributed by atoms with Gasteiger partial charge in [-0.05, 0) is 6.92 Å². The predicted octanol–water partition coefficient (Wildman–Crippen LogP) is 2.13. The van der Waals surface area contributed by atoms with Crippen LogP contribution in [0.2, 0.25) is 5.15 Å². The van der Waals surface area contributed by atoms with E-state index >= 15 is 0 Å². The van der Waals surface area contributed by atoms with Crippen LogP contribution >= 0.6 is 22.9 Å². The predicted molar refractivity (Wildman–Crippen MR) is 65.6 cm³/mol. The van der Waals surface area contributed by atoms with Gasteiger partial charge in [-0.25, -0.2) is 9.97 Å². The van der Waals surface area contributed by atoms with Gasteiger partial charge in [0.2, 0.25) is 0 Å². The second-order valence-corrected chi connectivity index (χ2v) is 4.97. The van der Waals surface area contributed by atoms with Gasteiger partial charge in [-0.3, -0.25) is 0 Å². The lowest BCUT2D eigenvalue weighted by Crippen LogP contribution is -2.16. The lowest BCUT2D eigenvalue weighted by molar-refractivity contribution is 0.632. The number of aryl methyl sites for hydroxylation is 1. The van der Waals surface area contributed by atoms with E-state index in [4.69, 9.17) is 11.6 Å². The summed E-state index contributed by atoms with van der Waals surface area (Å²) in [4.78, 5) is 8.57.